The van der Waals surface area contributed by atoms with Crippen molar-refractivity contribution in [3.05, 3.63) is 35.3 Å². The van der Waals surface area contributed by atoms with Crippen LogP contribution in [-0.4, -0.2) is 54.1 Å². The molecule has 0 saturated carbocycles. The van der Waals surface area contributed by atoms with Crippen LogP contribution in [-0.2, 0) is 0 Å². The van der Waals surface area contributed by atoms with Crippen LogP contribution in [0.3, 0.4) is 0 Å². The Balaban J connectivity index is 0.00000128. The summed E-state index contributed by atoms with van der Waals surface area (Å²) >= 11 is 12.1. The molecule has 17 heavy (non-hydrogen) atoms. The molecule has 0 amide bonds. The van der Waals surface area contributed by atoms with Crippen molar-refractivity contribution < 1.29 is 12.4 Å². The fraction of sp³-hybridized carbons (Fsp3) is 0.364. The van der Waals surface area contributed by atoms with Gasteiger partial charge in [0.2, 0.25) is 0 Å². The summed E-state index contributed by atoms with van der Waals surface area (Å²) < 4.78 is 0. The Bertz CT molecular complexity index is 355. The number of hydrogen-bond donors (Lipinski definition) is 0. The van der Waals surface area contributed by atoms with Gasteiger partial charge >= 0.3 is 23.1 Å². The van der Waals surface area contributed by atoms with Crippen molar-refractivity contribution >= 4 is 51.9 Å². The van der Waals surface area contributed by atoms with Crippen molar-refractivity contribution in [1.29, 1.82) is 0 Å². The molecule has 1 heterocycles. The molecular weight excluding hydrogens is 291 g/mol. The van der Waals surface area contributed by atoms with Crippen molar-refractivity contribution in [3.8, 4) is 0 Å². The van der Waals surface area contributed by atoms with Crippen LogP contribution in [0.2, 0.25) is 10.0 Å². The van der Waals surface area contributed by atoms with Crippen molar-refractivity contribution in [2.24, 2.45) is 0 Å². The number of anilines is 1. The van der Waals surface area contributed by atoms with Gasteiger partial charge in [-0.2, -0.15) is 0 Å². The fourth-order valence-corrected chi connectivity index (χ4v) is 2.14. The number of benzene rings is 1. The Labute approximate surface area is 135 Å². The molecule has 2 rings (SSSR count). The van der Waals surface area contributed by atoms with E-state index in [1.807, 2.05) is 18.2 Å². The molecule has 90 valence electrons. The van der Waals surface area contributed by atoms with Crippen LogP contribution < -0.4 is 17.3 Å². The van der Waals surface area contributed by atoms with Crippen molar-refractivity contribution in [3.63, 3.8) is 0 Å². The molecule has 1 aliphatic heterocycles. The van der Waals surface area contributed by atoms with E-state index in [4.69, 9.17) is 23.2 Å². The molecule has 0 spiro atoms. The average Bonchev–Trinajstić information content (AvgIpc) is 2.24. The Kier molecular flexibility index (Phi) is 8.21. The van der Waals surface area contributed by atoms with Crippen LogP contribution in [0.4, 0.5) is 5.69 Å². The molecule has 1 aliphatic rings. The summed E-state index contributed by atoms with van der Waals surface area (Å²) in [5.74, 6) is 0. The second-order valence-electron chi connectivity index (χ2n) is 3.68. The summed E-state index contributed by atoms with van der Waals surface area (Å²) in [5.41, 5.74) is 1.03. The summed E-state index contributed by atoms with van der Waals surface area (Å²) in [6.45, 7) is 3.82. The quantitative estimate of drug-likeness (QED) is 0.511. The molecule has 6 heteroatoms. The maximum absolute atomic E-state index is 6.16. The van der Waals surface area contributed by atoms with Crippen molar-refractivity contribution in [2.75, 3.05) is 31.1 Å². The fourth-order valence-electron chi connectivity index (χ4n) is 1.73. The molecule has 0 atom stereocenters. The first-order valence-electron chi connectivity index (χ1n) is 4.93. The van der Waals surface area contributed by atoms with Gasteiger partial charge in [-0.25, -0.2) is 0 Å². The van der Waals surface area contributed by atoms with Gasteiger partial charge in [0.15, 0.2) is 0 Å². The van der Waals surface area contributed by atoms with E-state index >= 15 is 0 Å². The van der Waals surface area contributed by atoms with Crippen LogP contribution in [0.5, 0.6) is 0 Å². The Hall–Kier alpha value is 0.616. The summed E-state index contributed by atoms with van der Waals surface area (Å²) in [6, 6.07) is 5.75. The average molecular weight is 304 g/mol. The Morgan fingerprint density at radius 3 is 2.24 bits per heavy atom. The zero-order valence-electron chi connectivity index (χ0n) is 9.50. The standard InChI is InChI=1S/C11H13Cl2N2.ClH.Mg/c1-14-5-7-15(8-6-14)10-4-2-3-9(12)11(10)13;;/h2-4H,1,5-8H2;1H;/q-1;;+2/p-1. The third kappa shape index (κ3) is 4.33. The molecule has 1 saturated heterocycles. The van der Waals surface area contributed by atoms with Gasteiger partial charge in [-0.05, 0) is 25.2 Å². The molecule has 0 aromatic heterocycles. The zero-order chi connectivity index (χ0) is 10.8. The Morgan fingerprint density at radius 1 is 1.06 bits per heavy atom. The maximum atomic E-state index is 6.16. The number of piperazine rings is 1. The van der Waals surface area contributed by atoms with E-state index in [-0.39, 0.29) is 35.5 Å². The van der Waals surface area contributed by atoms with Gasteiger partial charge in [0, 0.05) is 13.1 Å². The van der Waals surface area contributed by atoms with Gasteiger partial charge in [-0.1, -0.05) is 29.3 Å². The molecular formula is C11H13Cl3MgN2. The van der Waals surface area contributed by atoms with Crippen LogP contribution in [0.1, 0.15) is 0 Å². The SMILES string of the molecule is [CH2-]N1CCN(c2cccc(Cl)c2Cl)CC1.[Cl-].[Mg+2]. The summed E-state index contributed by atoms with van der Waals surface area (Å²) in [6.07, 6.45) is 0. The van der Waals surface area contributed by atoms with Gasteiger partial charge in [0.25, 0.3) is 0 Å². The first-order chi connectivity index (χ1) is 7.18. The van der Waals surface area contributed by atoms with Crippen LogP contribution >= 0.6 is 23.2 Å². The van der Waals surface area contributed by atoms with E-state index < -0.39 is 0 Å². The minimum atomic E-state index is 0. The van der Waals surface area contributed by atoms with Gasteiger partial charge < -0.3 is 22.2 Å². The van der Waals surface area contributed by atoms with E-state index in [9.17, 15) is 0 Å². The third-order valence-electron chi connectivity index (χ3n) is 2.64. The van der Waals surface area contributed by atoms with Gasteiger partial charge in [-0.3, -0.25) is 7.05 Å². The Morgan fingerprint density at radius 2 is 1.65 bits per heavy atom. The summed E-state index contributed by atoms with van der Waals surface area (Å²) in [5, 5.41) is 1.27. The first kappa shape index (κ1) is 17.6. The van der Waals surface area contributed by atoms with Crippen molar-refractivity contribution in [2.45, 2.75) is 0 Å². The normalized spacial score (nSPS) is 16.1. The summed E-state index contributed by atoms with van der Waals surface area (Å²) in [4.78, 5) is 4.31. The molecule has 1 fully saturated rings. The molecule has 0 unspecified atom stereocenters. The minimum absolute atomic E-state index is 0. The van der Waals surface area contributed by atoms with Crippen LogP contribution in [0.25, 0.3) is 0 Å². The van der Waals surface area contributed by atoms with E-state index in [0.29, 0.717) is 10.0 Å². The van der Waals surface area contributed by atoms with E-state index in [2.05, 4.69) is 16.8 Å². The number of halogens is 3. The smallest absolute Gasteiger partial charge is 1.00 e. The van der Waals surface area contributed by atoms with Gasteiger partial charge in [0.1, 0.15) is 0 Å². The zero-order valence-corrected chi connectivity index (χ0v) is 13.2. The monoisotopic (exact) mass is 302 g/mol. The summed E-state index contributed by atoms with van der Waals surface area (Å²) in [7, 11) is 3.91. The van der Waals surface area contributed by atoms with E-state index in [1.54, 1.807) is 0 Å². The molecule has 1 aromatic carbocycles. The molecule has 1 aromatic rings. The van der Waals surface area contributed by atoms with Gasteiger partial charge in [0.05, 0.1) is 15.7 Å². The number of rotatable bonds is 1. The van der Waals surface area contributed by atoms with Gasteiger partial charge in [-0.15, -0.1) is 0 Å². The molecule has 0 aliphatic carbocycles. The largest absolute Gasteiger partial charge is 2.00 e. The third-order valence-corrected chi connectivity index (χ3v) is 3.45. The molecule has 0 bridgehead atoms. The van der Waals surface area contributed by atoms with E-state index in [1.165, 1.54) is 0 Å². The topological polar surface area (TPSA) is 6.48 Å². The number of hydrogen-bond acceptors (Lipinski definition) is 2. The second kappa shape index (κ2) is 7.92. The predicted molar refractivity (Wildman–Crippen MR) is 71.4 cm³/mol. The van der Waals surface area contributed by atoms with Crippen LogP contribution in [0, 0.1) is 7.05 Å². The first-order valence-corrected chi connectivity index (χ1v) is 5.68. The molecule has 0 radical (unpaired) electrons. The predicted octanol–water partition coefficient (Wildman–Crippen LogP) is -0.470. The second-order valence-corrected chi connectivity index (χ2v) is 4.46. The van der Waals surface area contributed by atoms with Crippen molar-refractivity contribution in [1.82, 2.24) is 4.90 Å². The number of nitrogens with zero attached hydrogens (tertiary/aromatic N) is 2. The van der Waals surface area contributed by atoms with E-state index in [0.717, 1.165) is 31.9 Å². The maximum Gasteiger partial charge on any atom is 2.00 e. The minimum Gasteiger partial charge on any atom is -1.00 e. The molecule has 2 nitrogen and oxygen atoms in total. The van der Waals surface area contributed by atoms with Crippen LogP contribution in [0.15, 0.2) is 18.2 Å². The molecule has 0 N–H and O–H groups in total.